The van der Waals surface area contributed by atoms with Crippen LogP contribution < -0.4 is 10.2 Å². The van der Waals surface area contributed by atoms with Crippen molar-refractivity contribution in [2.24, 2.45) is 0 Å². The van der Waals surface area contributed by atoms with Gasteiger partial charge >= 0.3 is 0 Å². The highest BCUT2D eigenvalue weighted by Crippen LogP contribution is 2.43. The van der Waals surface area contributed by atoms with E-state index in [0.717, 1.165) is 15.9 Å². The van der Waals surface area contributed by atoms with E-state index in [9.17, 15) is 10.1 Å². The van der Waals surface area contributed by atoms with Crippen molar-refractivity contribution in [2.45, 2.75) is 12.1 Å². The molecule has 1 saturated heterocycles. The number of anilines is 1. The normalized spacial score (nSPS) is 17.7. The first-order valence-electron chi connectivity index (χ1n) is 10.1. The van der Waals surface area contributed by atoms with Crippen LogP contribution in [0.3, 0.4) is 0 Å². The van der Waals surface area contributed by atoms with Gasteiger partial charge in [0, 0.05) is 22.4 Å². The second-order valence-corrected chi connectivity index (χ2v) is 8.75. The highest BCUT2D eigenvalue weighted by molar-refractivity contribution is 9.10. The van der Waals surface area contributed by atoms with Gasteiger partial charge in [0.05, 0.1) is 22.2 Å². The predicted octanol–water partition coefficient (Wildman–Crippen LogP) is 6.19. The molecule has 0 bridgehead atoms. The SMILES string of the molecule is O=[N+]([O-])c1ccccc1-c1ccc(C2C(c3ccccn3)NC(=S)N2c2ccc(Br)cc2)o1. The number of benzene rings is 2. The maximum absolute atomic E-state index is 11.5. The van der Waals surface area contributed by atoms with Crippen molar-refractivity contribution in [3.05, 3.63) is 111 Å². The van der Waals surface area contributed by atoms with Gasteiger partial charge in [0.1, 0.15) is 17.6 Å². The van der Waals surface area contributed by atoms with Crippen molar-refractivity contribution < 1.29 is 9.34 Å². The topological polar surface area (TPSA) is 84.4 Å². The molecule has 33 heavy (non-hydrogen) atoms. The van der Waals surface area contributed by atoms with Crippen LogP contribution in [0.4, 0.5) is 11.4 Å². The van der Waals surface area contributed by atoms with Gasteiger partial charge in [-0.15, -0.1) is 0 Å². The first-order valence-corrected chi connectivity index (χ1v) is 11.3. The summed E-state index contributed by atoms with van der Waals surface area (Å²) in [7, 11) is 0. The summed E-state index contributed by atoms with van der Waals surface area (Å²) in [6.07, 6.45) is 1.74. The Kier molecular flexibility index (Phi) is 5.65. The van der Waals surface area contributed by atoms with Crippen LogP contribution in [0, 0.1) is 10.1 Å². The van der Waals surface area contributed by atoms with Gasteiger partial charge in [0.2, 0.25) is 0 Å². The molecule has 0 spiro atoms. The van der Waals surface area contributed by atoms with Crippen molar-refractivity contribution in [1.29, 1.82) is 0 Å². The monoisotopic (exact) mass is 520 g/mol. The maximum Gasteiger partial charge on any atom is 0.280 e. The number of nitro benzene ring substituents is 1. The Morgan fingerprint density at radius 2 is 1.79 bits per heavy atom. The standard InChI is InChI=1S/C24H17BrN4O3S/c25-15-8-10-16(11-9-15)28-23(22(27-24(28)33)18-6-3-4-14-26-18)21-13-12-20(32-21)17-5-1-2-7-19(17)29(30)31/h1-14,22-23H,(H,27,33). The molecular formula is C24H17BrN4O3S. The molecule has 2 unspecified atom stereocenters. The van der Waals surface area contributed by atoms with E-state index in [-0.39, 0.29) is 17.8 Å². The van der Waals surface area contributed by atoms with E-state index in [2.05, 4.69) is 26.2 Å². The number of rotatable bonds is 5. The Morgan fingerprint density at radius 1 is 1.03 bits per heavy atom. The van der Waals surface area contributed by atoms with Crippen molar-refractivity contribution >= 4 is 44.6 Å². The lowest BCUT2D eigenvalue weighted by molar-refractivity contribution is -0.384. The van der Waals surface area contributed by atoms with Crippen LogP contribution in [-0.4, -0.2) is 15.0 Å². The molecule has 4 aromatic rings. The largest absolute Gasteiger partial charge is 0.459 e. The quantitative estimate of drug-likeness (QED) is 0.191. The van der Waals surface area contributed by atoms with Gasteiger partial charge in [-0.3, -0.25) is 15.1 Å². The van der Waals surface area contributed by atoms with Crippen LogP contribution >= 0.6 is 28.1 Å². The molecule has 1 N–H and O–H groups in total. The molecule has 2 aromatic heterocycles. The number of pyridine rings is 1. The summed E-state index contributed by atoms with van der Waals surface area (Å²) in [6.45, 7) is 0. The Hall–Kier alpha value is -3.56. The minimum absolute atomic E-state index is 0.00971. The van der Waals surface area contributed by atoms with E-state index >= 15 is 0 Å². The second kappa shape index (κ2) is 8.76. The van der Waals surface area contributed by atoms with E-state index in [1.165, 1.54) is 6.07 Å². The fourth-order valence-electron chi connectivity index (χ4n) is 4.02. The fraction of sp³-hybridized carbons (Fsp3) is 0.0833. The summed E-state index contributed by atoms with van der Waals surface area (Å²) in [6, 6.07) is 23.1. The van der Waals surface area contributed by atoms with Gasteiger partial charge in [-0.05, 0) is 66.8 Å². The number of halogens is 1. The lowest BCUT2D eigenvalue weighted by Crippen LogP contribution is -2.29. The maximum atomic E-state index is 11.5. The molecule has 1 aliphatic heterocycles. The van der Waals surface area contributed by atoms with Crippen LogP contribution in [-0.2, 0) is 0 Å². The molecule has 9 heteroatoms. The third-order valence-corrected chi connectivity index (χ3v) is 6.33. The van der Waals surface area contributed by atoms with E-state index in [1.54, 1.807) is 30.5 Å². The summed E-state index contributed by atoms with van der Waals surface area (Å²) in [5.74, 6) is 1.04. The van der Waals surface area contributed by atoms with Crippen LogP contribution in [0.2, 0.25) is 0 Å². The van der Waals surface area contributed by atoms with Crippen molar-refractivity contribution in [1.82, 2.24) is 10.3 Å². The predicted molar refractivity (Wildman–Crippen MR) is 133 cm³/mol. The molecule has 5 rings (SSSR count). The van der Waals surface area contributed by atoms with Gasteiger partial charge in [-0.2, -0.15) is 0 Å². The summed E-state index contributed by atoms with van der Waals surface area (Å²) >= 11 is 9.18. The number of aromatic nitrogens is 1. The first-order chi connectivity index (χ1) is 16.0. The number of nitrogens with one attached hydrogen (secondary N) is 1. The number of thiocarbonyl (C=S) groups is 1. The fourth-order valence-corrected chi connectivity index (χ4v) is 4.63. The van der Waals surface area contributed by atoms with E-state index in [1.807, 2.05) is 53.4 Å². The lowest BCUT2D eigenvalue weighted by Gasteiger charge is -2.26. The zero-order valence-corrected chi connectivity index (χ0v) is 19.5. The number of para-hydroxylation sites is 1. The molecule has 0 saturated carbocycles. The Morgan fingerprint density at radius 3 is 2.52 bits per heavy atom. The molecule has 0 radical (unpaired) electrons. The lowest BCUT2D eigenvalue weighted by atomic mass is 10.0. The minimum atomic E-state index is -0.408. The van der Waals surface area contributed by atoms with Crippen molar-refractivity contribution in [3.8, 4) is 11.3 Å². The van der Waals surface area contributed by atoms with Gasteiger partial charge < -0.3 is 14.6 Å². The first kappa shape index (κ1) is 21.3. The van der Waals surface area contributed by atoms with Crippen LogP contribution in [0.15, 0.2) is 93.9 Å². The summed E-state index contributed by atoms with van der Waals surface area (Å²) < 4.78 is 7.19. The number of hydrogen-bond acceptors (Lipinski definition) is 5. The number of furan rings is 1. The third-order valence-electron chi connectivity index (χ3n) is 5.49. The molecule has 0 aliphatic carbocycles. The van der Waals surface area contributed by atoms with Crippen LogP contribution in [0.25, 0.3) is 11.3 Å². The highest BCUT2D eigenvalue weighted by atomic mass is 79.9. The molecular weight excluding hydrogens is 504 g/mol. The van der Waals surface area contributed by atoms with Crippen molar-refractivity contribution in [2.75, 3.05) is 4.90 Å². The molecule has 1 fully saturated rings. The molecule has 0 amide bonds. The number of nitro groups is 1. The zero-order valence-electron chi connectivity index (χ0n) is 17.1. The highest BCUT2D eigenvalue weighted by Gasteiger charge is 2.42. The summed E-state index contributed by atoms with van der Waals surface area (Å²) in [5.41, 5.74) is 2.12. The molecule has 2 aromatic carbocycles. The minimum Gasteiger partial charge on any atom is -0.459 e. The number of nitrogens with zero attached hydrogens (tertiary/aromatic N) is 3. The average molecular weight is 521 g/mol. The van der Waals surface area contributed by atoms with Crippen molar-refractivity contribution in [3.63, 3.8) is 0 Å². The average Bonchev–Trinajstić information content (AvgIpc) is 3.45. The third kappa shape index (κ3) is 4.01. The molecule has 1 aliphatic rings. The Labute approximate surface area is 203 Å². The van der Waals surface area contributed by atoms with Gasteiger partial charge in [-0.25, -0.2) is 0 Å². The smallest absolute Gasteiger partial charge is 0.280 e. The Balaban J connectivity index is 1.61. The molecule has 2 atom stereocenters. The second-order valence-electron chi connectivity index (χ2n) is 7.45. The number of hydrogen-bond donors (Lipinski definition) is 1. The van der Waals surface area contributed by atoms with E-state index in [0.29, 0.717) is 22.2 Å². The Bertz CT molecular complexity index is 1330. The van der Waals surface area contributed by atoms with Gasteiger partial charge in [-0.1, -0.05) is 34.1 Å². The zero-order chi connectivity index (χ0) is 22.9. The van der Waals surface area contributed by atoms with Gasteiger partial charge in [0.15, 0.2) is 5.11 Å². The summed E-state index contributed by atoms with van der Waals surface area (Å²) in [4.78, 5) is 17.6. The van der Waals surface area contributed by atoms with Crippen LogP contribution in [0.5, 0.6) is 0 Å². The van der Waals surface area contributed by atoms with E-state index < -0.39 is 4.92 Å². The van der Waals surface area contributed by atoms with E-state index in [4.69, 9.17) is 16.6 Å². The molecule has 164 valence electrons. The van der Waals surface area contributed by atoms with Crippen LogP contribution in [0.1, 0.15) is 23.5 Å². The van der Waals surface area contributed by atoms with Gasteiger partial charge in [0.25, 0.3) is 5.69 Å². The summed E-state index contributed by atoms with van der Waals surface area (Å²) in [5, 5.41) is 15.4. The molecule has 7 nitrogen and oxygen atoms in total. The molecule has 3 heterocycles.